The maximum absolute atomic E-state index is 6.44. The lowest BCUT2D eigenvalue weighted by atomic mass is 9.99. The summed E-state index contributed by atoms with van der Waals surface area (Å²) in [5, 5.41) is 4.80. The van der Waals surface area contributed by atoms with Crippen molar-refractivity contribution in [3.05, 3.63) is 231 Å². The minimum Gasteiger partial charge on any atom is -0.436 e. The SMILES string of the molecule is c1ccc(-c2ccc(-c3nc4c(ccc5sc6c(-c7cccc(N(c8ccc(-c9ccc%10ccccc%10c9)cc8)c8cccc(-c9ccccc9)c8)c7)cccc6c54)o3)cc2)cc1. The van der Waals surface area contributed by atoms with Gasteiger partial charge in [0.05, 0.1) is 0 Å². The molecule has 0 atom stereocenters. The van der Waals surface area contributed by atoms with E-state index in [4.69, 9.17) is 9.40 Å². The second-order valence-corrected chi connectivity index (χ2v) is 17.0. The average molecular weight is 823 g/mol. The molecule has 0 bridgehead atoms. The largest absolute Gasteiger partial charge is 0.436 e. The van der Waals surface area contributed by atoms with Crippen molar-refractivity contribution in [3.63, 3.8) is 0 Å². The fourth-order valence-electron chi connectivity index (χ4n) is 8.95. The molecule has 12 rings (SSSR count). The molecule has 0 saturated heterocycles. The Balaban J connectivity index is 0.944. The monoisotopic (exact) mass is 822 g/mol. The number of hydrogen-bond donors (Lipinski definition) is 0. The minimum absolute atomic E-state index is 0.627. The van der Waals surface area contributed by atoms with Crippen LogP contribution in [0.2, 0.25) is 0 Å². The highest BCUT2D eigenvalue weighted by Crippen LogP contribution is 2.45. The van der Waals surface area contributed by atoms with Gasteiger partial charge in [0.1, 0.15) is 5.52 Å². The molecule has 0 amide bonds. The molecule has 0 aliphatic heterocycles. The first-order chi connectivity index (χ1) is 31.2. The second-order valence-electron chi connectivity index (χ2n) is 15.9. The molecule has 0 spiro atoms. The zero-order valence-electron chi connectivity index (χ0n) is 34.2. The number of fused-ring (bicyclic) bond motifs is 6. The number of thiophene rings is 1. The quantitative estimate of drug-likeness (QED) is 0.153. The molecular formula is C59H38N2OS. The maximum Gasteiger partial charge on any atom is 0.227 e. The lowest BCUT2D eigenvalue weighted by Crippen LogP contribution is -2.10. The van der Waals surface area contributed by atoms with Crippen LogP contribution >= 0.6 is 11.3 Å². The van der Waals surface area contributed by atoms with E-state index in [0.717, 1.165) is 50.2 Å². The molecule has 2 aromatic heterocycles. The predicted molar refractivity (Wildman–Crippen MR) is 266 cm³/mol. The average Bonchev–Trinajstić information content (AvgIpc) is 3.97. The zero-order chi connectivity index (χ0) is 41.7. The van der Waals surface area contributed by atoms with Crippen molar-refractivity contribution in [1.29, 1.82) is 0 Å². The summed E-state index contributed by atoms with van der Waals surface area (Å²) in [4.78, 5) is 7.52. The molecule has 0 aliphatic carbocycles. The van der Waals surface area contributed by atoms with Gasteiger partial charge in [0, 0.05) is 42.8 Å². The molecule has 12 aromatic rings. The Bertz CT molecular complexity index is 3610. The number of benzene rings is 10. The number of aromatic nitrogens is 1. The second kappa shape index (κ2) is 15.4. The first kappa shape index (κ1) is 36.8. The van der Waals surface area contributed by atoms with Crippen molar-refractivity contribution in [2.45, 2.75) is 0 Å². The molecule has 296 valence electrons. The molecule has 2 heterocycles. The highest BCUT2D eigenvalue weighted by Gasteiger charge is 2.19. The summed E-state index contributed by atoms with van der Waals surface area (Å²) < 4.78 is 8.86. The normalized spacial score (nSPS) is 11.5. The van der Waals surface area contributed by atoms with Gasteiger partial charge in [-0.25, -0.2) is 4.98 Å². The summed E-state index contributed by atoms with van der Waals surface area (Å²) in [5.41, 5.74) is 15.3. The van der Waals surface area contributed by atoms with Crippen LogP contribution in [0.4, 0.5) is 17.1 Å². The molecular weight excluding hydrogens is 785 g/mol. The summed E-state index contributed by atoms with van der Waals surface area (Å²) in [7, 11) is 0. The van der Waals surface area contributed by atoms with Crippen molar-refractivity contribution in [1.82, 2.24) is 4.98 Å². The molecule has 63 heavy (non-hydrogen) atoms. The van der Waals surface area contributed by atoms with E-state index in [0.29, 0.717) is 5.89 Å². The number of anilines is 3. The van der Waals surface area contributed by atoms with Crippen molar-refractivity contribution >= 4 is 70.4 Å². The van der Waals surface area contributed by atoms with Gasteiger partial charge in [-0.3, -0.25) is 0 Å². The van der Waals surface area contributed by atoms with Crippen LogP contribution in [-0.4, -0.2) is 4.98 Å². The third-order valence-electron chi connectivity index (χ3n) is 12.1. The van der Waals surface area contributed by atoms with Gasteiger partial charge in [-0.15, -0.1) is 11.3 Å². The maximum atomic E-state index is 6.44. The lowest BCUT2D eigenvalue weighted by molar-refractivity contribution is 0.620. The van der Waals surface area contributed by atoms with Gasteiger partial charge >= 0.3 is 0 Å². The molecule has 0 aliphatic rings. The van der Waals surface area contributed by atoms with Gasteiger partial charge in [0.15, 0.2) is 5.58 Å². The smallest absolute Gasteiger partial charge is 0.227 e. The highest BCUT2D eigenvalue weighted by molar-refractivity contribution is 7.26. The zero-order valence-corrected chi connectivity index (χ0v) is 35.0. The van der Waals surface area contributed by atoms with Crippen LogP contribution < -0.4 is 4.90 Å². The van der Waals surface area contributed by atoms with Crippen LogP contribution in [0.15, 0.2) is 235 Å². The summed E-state index contributed by atoms with van der Waals surface area (Å²) >= 11 is 1.81. The summed E-state index contributed by atoms with van der Waals surface area (Å²) in [5.74, 6) is 0.627. The molecule has 0 N–H and O–H groups in total. The Morgan fingerprint density at radius 1 is 0.381 bits per heavy atom. The minimum atomic E-state index is 0.627. The van der Waals surface area contributed by atoms with Gasteiger partial charge < -0.3 is 9.32 Å². The van der Waals surface area contributed by atoms with Gasteiger partial charge in [-0.05, 0) is 122 Å². The Morgan fingerprint density at radius 2 is 0.937 bits per heavy atom. The van der Waals surface area contributed by atoms with Gasteiger partial charge in [-0.2, -0.15) is 0 Å². The summed E-state index contributed by atoms with van der Waals surface area (Å²) in [6.07, 6.45) is 0. The number of nitrogens with zero attached hydrogens (tertiary/aromatic N) is 2. The van der Waals surface area contributed by atoms with Crippen LogP contribution in [0.25, 0.3) is 98.0 Å². The van der Waals surface area contributed by atoms with Crippen molar-refractivity contribution in [2.24, 2.45) is 0 Å². The third kappa shape index (κ3) is 6.74. The number of oxazole rings is 1. The third-order valence-corrected chi connectivity index (χ3v) is 13.3. The van der Waals surface area contributed by atoms with Crippen molar-refractivity contribution < 1.29 is 4.42 Å². The molecule has 4 heteroatoms. The Hall–Kier alpha value is -8.05. The number of hydrogen-bond acceptors (Lipinski definition) is 4. The van der Waals surface area contributed by atoms with E-state index in [1.807, 2.05) is 17.4 Å². The van der Waals surface area contributed by atoms with E-state index in [-0.39, 0.29) is 0 Å². The first-order valence-electron chi connectivity index (χ1n) is 21.3. The Labute approximate surface area is 369 Å². The van der Waals surface area contributed by atoms with Gasteiger partial charge in [0.2, 0.25) is 5.89 Å². The predicted octanol–water partition coefficient (Wildman–Crippen LogP) is 17.2. The molecule has 0 fully saturated rings. The van der Waals surface area contributed by atoms with E-state index >= 15 is 0 Å². The van der Waals surface area contributed by atoms with Crippen LogP contribution in [0.1, 0.15) is 0 Å². The fraction of sp³-hybridized carbons (Fsp3) is 0. The van der Waals surface area contributed by atoms with Crippen LogP contribution in [-0.2, 0) is 0 Å². The van der Waals surface area contributed by atoms with Crippen LogP contribution in [0, 0.1) is 0 Å². The van der Waals surface area contributed by atoms with Crippen molar-refractivity contribution in [2.75, 3.05) is 4.90 Å². The van der Waals surface area contributed by atoms with E-state index in [9.17, 15) is 0 Å². The highest BCUT2D eigenvalue weighted by atomic mass is 32.1. The Morgan fingerprint density at radius 3 is 1.70 bits per heavy atom. The van der Waals surface area contributed by atoms with Crippen molar-refractivity contribution in [3.8, 4) is 56.0 Å². The standard InChI is InChI=1S/C59H38N2OS/c1-3-12-39(13-4-1)42-24-27-44(28-25-42)59-60-57-54(62-59)34-35-55-56(57)53-23-11-22-52(58(53)63-55)48-19-10-21-51(38-48)61(50-20-9-18-46(37-50)40-14-5-2-6-15-40)49-32-30-43(31-33-49)47-29-26-41-16-7-8-17-45(41)36-47/h1-38H. The first-order valence-corrected chi connectivity index (χ1v) is 22.1. The molecule has 0 saturated carbocycles. The van der Waals surface area contributed by atoms with Gasteiger partial charge in [0.25, 0.3) is 0 Å². The Kier molecular flexibility index (Phi) is 9.02. The molecule has 3 nitrogen and oxygen atoms in total. The number of rotatable bonds is 8. The summed E-state index contributed by atoms with van der Waals surface area (Å²) in [6, 6.07) is 82.4. The summed E-state index contributed by atoms with van der Waals surface area (Å²) in [6.45, 7) is 0. The topological polar surface area (TPSA) is 29.3 Å². The lowest BCUT2D eigenvalue weighted by Gasteiger charge is -2.27. The van der Waals surface area contributed by atoms with Crippen LogP contribution in [0.5, 0.6) is 0 Å². The van der Waals surface area contributed by atoms with E-state index in [2.05, 4.69) is 229 Å². The fourth-order valence-corrected chi connectivity index (χ4v) is 10.2. The van der Waals surface area contributed by atoms with E-state index in [1.54, 1.807) is 0 Å². The van der Waals surface area contributed by atoms with E-state index < -0.39 is 0 Å². The van der Waals surface area contributed by atoms with Crippen LogP contribution in [0.3, 0.4) is 0 Å². The molecule has 10 aromatic carbocycles. The van der Waals surface area contributed by atoms with Gasteiger partial charge in [-0.1, -0.05) is 164 Å². The van der Waals surface area contributed by atoms with E-state index in [1.165, 1.54) is 58.9 Å². The molecule has 0 radical (unpaired) electrons. The molecule has 0 unspecified atom stereocenters.